The molecule has 1 rings (SSSR count). The van der Waals surface area contributed by atoms with E-state index in [0.29, 0.717) is 6.54 Å². The Bertz CT molecular complexity index is 686. The number of nitrogens with one attached hydrogen (secondary N) is 1. The Kier molecular flexibility index (Phi) is 8.10. The molecule has 4 atom stereocenters. The highest BCUT2D eigenvalue weighted by molar-refractivity contribution is 7.89. The van der Waals surface area contributed by atoms with Gasteiger partial charge in [0.1, 0.15) is 0 Å². The van der Waals surface area contributed by atoms with Gasteiger partial charge in [0, 0.05) is 19.5 Å². The third-order valence-corrected chi connectivity index (χ3v) is 7.07. The number of hydrogen-bond donors (Lipinski definition) is 1. The molecule has 1 N–H and O–H groups in total. The fraction of sp³-hybridized carbons (Fsp3) is 0.722. The van der Waals surface area contributed by atoms with Crippen LogP contribution in [-0.2, 0) is 14.8 Å². The summed E-state index contributed by atoms with van der Waals surface area (Å²) in [6, 6.07) is -0.475. The highest BCUT2D eigenvalue weighted by Crippen LogP contribution is 2.29. The average molecular weight is 411 g/mol. The lowest BCUT2D eigenvalue weighted by Gasteiger charge is -2.29. The van der Waals surface area contributed by atoms with Crippen LogP contribution in [0.25, 0.3) is 0 Å². The van der Waals surface area contributed by atoms with E-state index in [2.05, 4.69) is 5.32 Å². The Morgan fingerprint density at radius 3 is 2.37 bits per heavy atom. The number of nitrogens with zero attached hydrogens (tertiary/aromatic N) is 1. The topological polar surface area (TPSA) is 66.5 Å². The van der Waals surface area contributed by atoms with Crippen LogP contribution in [0.3, 0.4) is 0 Å². The first-order chi connectivity index (χ1) is 12.3. The van der Waals surface area contributed by atoms with E-state index in [0.717, 1.165) is 12.2 Å². The number of carbonyl (C=O) groups is 1. The van der Waals surface area contributed by atoms with Crippen molar-refractivity contribution in [1.29, 1.82) is 0 Å². The summed E-state index contributed by atoms with van der Waals surface area (Å²) < 4.78 is 62.9. The molecule has 27 heavy (non-hydrogen) atoms. The number of amides is 1. The number of halogens is 3. The second-order valence-corrected chi connectivity index (χ2v) is 9.54. The molecule has 0 saturated carbocycles. The van der Waals surface area contributed by atoms with Gasteiger partial charge in [0.25, 0.3) is 0 Å². The van der Waals surface area contributed by atoms with Gasteiger partial charge in [0.05, 0.1) is 17.4 Å². The van der Waals surface area contributed by atoms with Gasteiger partial charge in [-0.1, -0.05) is 39.0 Å². The summed E-state index contributed by atoms with van der Waals surface area (Å²) in [7, 11) is -1.77. The molecule has 0 aliphatic heterocycles. The summed E-state index contributed by atoms with van der Waals surface area (Å²) in [6.07, 6.45) is -0.885. The van der Waals surface area contributed by atoms with Crippen LogP contribution < -0.4 is 5.32 Å². The third kappa shape index (κ3) is 6.64. The SMILES string of the molecule is CCS(=O)(=O)N(C)CC(C)C(C)C(C)C(=O)NC1C=CC(C(F)(F)F)=CC1. The summed E-state index contributed by atoms with van der Waals surface area (Å²) in [5, 5.41) is 2.75. The minimum absolute atomic E-state index is 0.0160. The number of allylic oxidation sites excluding steroid dienone is 2. The molecule has 0 bridgehead atoms. The number of alkyl halides is 3. The van der Waals surface area contributed by atoms with Crippen LogP contribution in [0, 0.1) is 17.8 Å². The first-order valence-electron chi connectivity index (χ1n) is 8.99. The molecule has 156 valence electrons. The molecule has 4 unspecified atom stereocenters. The molecule has 0 spiro atoms. The van der Waals surface area contributed by atoms with Crippen molar-refractivity contribution in [3.05, 3.63) is 23.8 Å². The van der Waals surface area contributed by atoms with Gasteiger partial charge in [-0.2, -0.15) is 13.2 Å². The van der Waals surface area contributed by atoms with Crippen molar-refractivity contribution in [2.45, 2.75) is 46.3 Å². The Morgan fingerprint density at radius 2 is 1.93 bits per heavy atom. The summed E-state index contributed by atoms with van der Waals surface area (Å²) in [6.45, 7) is 7.38. The Morgan fingerprint density at radius 1 is 1.33 bits per heavy atom. The lowest BCUT2D eigenvalue weighted by atomic mass is 9.84. The fourth-order valence-corrected chi connectivity index (χ4v) is 3.79. The molecular weight excluding hydrogens is 381 g/mol. The summed E-state index contributed by atoms with van der Waals surface area (Å²) in [5.41, 5.74) is -0.705. The summed E-state index contributed by atoms with van der Waals surface area (Å²) in [4.78, 5) is 12.5. The van der Waals surface area contributed by atoms with Gasteiger partial charge in [0.15, 0.2) is 0 Å². The van der Waals surface area contributed by atoms with Crippen LogP contribution in [0.5, 0.6) is 0 Å². The van der Waals surface area contributed by atoms with Gasteiger partial charge in [-0.25, -0.2) is 12.7 Å². The van der Waals surface area contributed by atoms with E-state index in [-0.39, 0.29) is 29.9 Å². The molecule has 0 aromatic carbocycles. The molecule has 1 amide bonds. The number of rotatable bonds is 8. The predicted molar refractivity (Wildman–Crippen MR) is 99.4 cm³/mol. The number of hydrogen-bond acceptors (Lipinski definition) is 3. The van der Waals surface area contributed by atoms with E-state index in [9.17, 15) is 26.4 Å². The number of carbonyl (C=O) groups excluding carboxylic acids is 1. The van der Waals surface area contributed by atoms with Gasteiger partial charge in [-0.3, -0.25) is 4.79 Å². The maximum Gasteiger partial charge on any atom is 0.416 e. The quantitative estimate of drug-likeness (QED) is 0.669. The van der Waals surface area contributed by atoms with Crippen molar-refractivity contribution in [2.24, 2.45) is 17.8 Å². The predicted octanol–water partition coefficient (Wildman–Crippen LogP) is 3.11. The zero-order chi connectivity index (χ0) is 21.0. The molecular formula is C18H29F3N2O3S. The van der Waals surface area contributed by atoms with Crippen molar-refractivity contribution in [1.82, 2.24) is 9.62 Å². The van der Waals surface area contributed by atoms with Crippen LogP contribution >= 0.6 is 0 Å². The van der Waals surface area contributed by atoms with Crippen molar-refractivity contribution in [3.63, 3.8) is 0 Å². The van der Waals surface area contributed by atoms with Gasteiger partial charge in [0.2, 0.25) is 15.9 Å². The lowest BCUT2D eigenvalue weighted by molar-refractivity contribution is -0.126. The second-order valence-electron chi connectivity index (χ2n) is 7.17. The third-order valence-electron chi connectivity index (χ3n) is 5.24. The van der Waals surface area contributed by atoms with Gasteiger partial charge in [-0.15, -0.1) is 0 Å². The monoisotopic (exact) mass is 410 g/mol. The van der Waals surface area contributed by atoms with Crippen LogP contribution in [0.15, 0.2) is 23.8 Å². The normalized spacial score (nSPS) is 21.5. The van der Waals surface area contributed by atoms with Gasteiger partial charge < -0.3 is 5.32 Å². The minimum atomic E-state index is -4.38. The molecule has 0 heterocycles. The van der Waals surface area contributed by atoms with Gasteiger partial charge in [-0.05, 0) is 25.2 Å². The van der Waals surface area contributed by atoms with E-state index in [1.54, 1.807) is 13.8 Å². The standard InChI is InChI=1S/C18H29F3N2O3S/c1-6-27(25,26)23(5)11-12(2)13(3)14(4)17(24)22-16-9-7-15(8-10-16)18(19,20)21/h7-9,12-14,16H,6,10-11H2,1-5H3,(H,22,24). The van der Waals surface area contributed by atoms with Crippen LogP contribution in [0.1, 0.15) is 34.1 Å². The highest BCUT2D eigenvalue weighted by atomic mass is 32.2. The highest BCUT2D eigenvalue weighted by Gasteiger charge is 2.34. The minimum Gasteiger partial charge on any atom is -0.349 e. The molecule has 0 saturated heterocycles. The van der Waals surface area contributed by atoms with E-state index >= 15 is 0 Å². The van der Waals surface area contributed by atoms with E-state index < -0.39 is 33.7 Å². The smallest absolute Gasteiger partial charge is 0.349 e. The molecule has 0 radical (unpaired) electrons. The van der Waals surface area contributed by atoms with Crippen LogP contribution in [0.4, 0.5) is 13.2 Å². The first-order valence-corrected chi connectivity index (χ1v) is 10.6. The Balaban J connectivity index is 2.61. The van der Waals surface area contributed by atoms with Crippen molar-refractivity contribution in [2.75, 3.05) is 19.3 Å². The maximum atomic E-state index is 12.6. The molecule has 9 heteroatoms. The van der Waals surface area contributed by atoms with Crippen LogP contribution in [-0.4, -0.2) is 50.2 Å². The largest absolute Gasteiger partial charge is 0.416 e. The first kappa shape index (κ1) is 23.7. The molecule has 1 aliphatic rings. The Labute approximate surface area is 159 Å². The van der Waals surface area contributed by atoms with E-state index in [1.165, 1.54) is 17.4 Å². The van der Waals surface area contributed by atoms with Crippen molar-refractivity contribution < 1.29 is 26.4 Å². The molecule has 5 nitrogen and oxygen atoms in total. The summed E-state index contributed by atoms with van der Waals surface area (Å²) >= 11 is 0. The van der Waals surface area contributed by atoms with E-state index in [1.807, 2.05) is 13.8 Å². The maximum absolute atomic E-state index is 12.6. The van der Waals surface area contributed by atoms with Crippen molar-refractivity contribution >= 4 is 15.9 Å². The Hall–Kier alpha value is -1.35. The lowest BCUT2D eigenvalue weighted by Crippen LogP contribution is -2.42. The average Bonchev–Trinajstić information content (AvgIpc) is 2.59. The molecule has 1 aliphatic carbocycles. The zero-order valence-corrected chi connectivity index (χ0v) is 17.2. The van der Waals surface area contributed by atoms with Crippen LogP contribution in [0.2, 0.25) is 0 Å². The molecule has 0 fully saturated rings. The summed E-state index contributed by atoms with van der Waals surface area (Å²) in [5.74, 6) is -0.806. The van der Waals surface area contributed by atoms with Gasteiger partial charge >= 0.3 is 6.18 Å². The molecule has 0 aromatic heterocycles. The molecule has 0 aromatic rings. The zero-order valence-electron chi connectivity index (χ0n) is 16.4. The number of sulfonamides is 1. The second kappa shape index (κ2) is 9.23. The van der Waals surface area contributed by atoms with Crippen molar-refractivity contribution in [3.8, 4) is 0 Å². The van der Waals surface area contributed by atoms with E-state index in [4.69, 9.17) is 0 Å². The fourth-order valence-electron chi connectivity index (χ4n) is 2.89.